The number of nitrogens with one attached hydrogen (secondary N) is 2. The molecule has 0 aliphatic heterocycles. The van der Waals surface area contributed by atoms with E-state index in [-0.39, 0.29) is 23.9 Å². The van der Waals surface area contributed by atoms with Crippen molar-refractivity contribution in [3.63, 3.8) is 0 Å². The molecule has 0 radical (unpaired) electrons. The monoisotopic (exact) mass is 573 g/mol. The smallest absolute Gasteiger partial charge is 0.253 e. The summed E-state index contributed by atoms with van der Waals surface area (Å²) in [5.74, 6) is 1.43. The number of anilines is 2. The number of thiol groups is 1. The molecule has 2 saturated carbocycles. The standard InChI is InChI=1S/C28H31N9O3S/c1-17(2)36-16-22(27(38)33-20-5-3-18(12-29)4-6-20)21-14-31-25(11-23(21)36)34-24-7-10-30-26(35-24)19-13-32-37(15-19)28(8-9-28)41(39)40/h7,10-11,13-18,20,41H,3-6,8-9H2,1-2H3,(H,33,38)(H,30,31,34,35). The van der Waals surface area contributed by atoms with Crippen LogP contribution in [0.5, 0.6) is 0 Å². The third-order valence-electron chi connectivity index (χ3n) is 7.98. The van der Waals surface area contributed by atoms with Crippen molar-refractivity contribution in [3.05, 3.63) is 48.7 Å². The second kappa shape index (κ2) is 10.6. The number of aromatic nitrogens is 6. The minimum atomic E-state index is -2.63. The molecular weight excluding hydrogens is 542 g/mol. The van der Waals surface area contributed by atoms with Gasteiger partial charge in [0.05, 0.1) is 28.9 Å². The summed E-state index contributed by atoms with van der Waals surface area (Å²) < 4.78 is 26.9. The maximum absolute atomic E-state index is 13.3. The van der Waals surface area contributed by atoms with Gasteiger partial charge < -0.3 is 15.2 Å². The molecule has 6 rings (SSSR count). The van der Waals surface area contributed by atoms with E-state index in [1.54, 1.807) is 30.9 Å². The Morgan fingerprint density at radius 1 is 1.12 bits per heavy atom. The number of amides is 1. The molecule has 0 spiro atoms. The van der Waals surface area contributed by atoms with Gasteiger partial charge in [0.15, 0.2) is 21.4 Å². The molecule has 0 unspecified atom stereocenters. The molecule has 0 bridgehead atoms. The van der Waals surface area contributed by atoms with E-state index in [0.29, 0.717) is 41.4 Å². The Morgan fingerprint density at radius 2 is 1.90 bits per heavy atom. The predicted molar refractivity (Wildman–Crippen MR) is 153 cm³/mol. The van der Waals surface area contributed by atoms with Gasteiger partial charge in [-0.1, -0.05) is 0 Å². The molecule has 12 nitrogen and oxygen atoms in total. The average molecular weight is 574 g/mol. The summed E-state index contributed by atoms with van der Waals surface area (Å²) in [6.07, 6.45) is 12.7. The molecule has 0 aromatic carbocycles. The van der Waals surface area contributed by atoms with Gasteiger partial charge in [0.2, 0.25) is 0 Å². The highest BCUT2D eigenvalue weighted by Crippen LogP contribution is 2.44. The summed E-state index contributed by atoms with van der Waals surface area (Å²) in [5, 5.41) is 20.6. The lowest BCUT2D eigenvalue weighted by atomic mass is 9.87. The second-order valence-electron chi connectivity index (χ2n) is 11.1. The van der Waals surface area contributed by atoms with Crippen molar-refractivity contribution in [2.24, 2.45) is 5.92 Å². The van der Waals surface area contributed by atoms with E-state index in [4.69, 9.17) is 5.26 Å². The summed E-state index contributed by atoms with van der Waals surface area (Å²) in [4.78, 5) is 25.8. The molecule has 41 heavy (non-hydrogen) atoms. The highest BCUT2D eigenvalue weighted by atomic mass is 32.2. The SMILES string of the molecule is CC(C)n1cc(C(=O)NC2CCC(C#N)CC2)c2cnc(Nc3ccnc(-c4cnn(C5([SH](=O)=O)CC5)c4)n3)cc21. The van der Waals surface area contributed by atoms with Crippen LogP contribution in [0.1, 0.15) is 68.8 Å². The Bertz CT molecular complexity index is 1730. The van der Waals surface area contributed by atoms with Crippen molar-refractivity contribution >= 4 is 39.1 Å². The van der Waals surface area contributed by atoms with Gasteiger partial charge in [0.1, 0.15) is 11.6 Å². The van der Waals surface area contributed by atoms with Crippen LogP contribution in [0, 0.1) is 17.2 Å². The first kappa shape index (κ1) is 26.9. The molecule has 0 saturated heterocycles. The lowest BCUT2D eigenvalue weighted by Gasteiger charge is -2.25. The largest absolute Gasteiger partial charge is 0.349 e. The molecular formula is C28H31N9O3S. The normalized spacial score (nSPS) is 19.8. The Balaban J connectivity index is 1.23. The molecule has 2 fully saturated rings. The maximum atomic E-state index is 13.3. The molecule has 0 atom stereocenters. The lowest BCUT2D eigenvalue weighted by Crippen LogP contribution is -2.37. The number of nitriles is 1. The van der Waals surface area contributed by atoms with E-state index < -0.39 is 15.6 Å². The molecule has 2 aliphatic carbocycles. The van der Waals surface area contributed by atoms with E-state index in [1.807, 2.05) is 12.3 Å². The number of rotatable bonds is 8. The minimum Gasteiger partial charge on any atom is -0.349 e. The van der Waals surface area contributed by atoms with Gasteiger partial charge in [0, 0.05) is 54.2 Å². The van der Waals surface area contributed by atoms with Crippen molar-refractivity contribution < 1.29 is 13.2 Å². The Hall–Kier alpha value is -4.31. The number of nitrogens with zero attached hydrogens (tertiary/aromatic N) is 7. The van der Waals surface area contributed by atoms with Crippen LogP contribution in [0.15, 0.2) is 43.1 Å². The first-order chi connectivity index (χ1) is 19.8. The number of fused-ring (bicyclic) bond motifs is 1. The fourth-order valence-electron chi connectivity index (χ4n) is 5.42. The van der Waals surface area contributed by atoms with Crippen LogP contribution in [-0.2, 0) is 15.6 Å². The molecule has 4 heterocycles. The van der Waals surface area contributed by atoms with Crippen LogP contribution in [-0.4, -0.2) is 49.7 Å². The van der Waals surface area contributed by atoms with E-state index >= 15 is 0 Å². The minimum absolute atomic E-state index is 0.0651. The topological polar surface area (TPSA) is 160 Å². The Kier molecular flexibility index (Phi) is 6.94. The summed E-state index contributed by atoms with van der Waals surface area (Å²) in [6, 6.07) is 6.13. The third kappa shape index (κ3) is 5.15. The fraction of sp³-hybridized carbons (Fsp3) is 0.429. The summed E-state index contributed by atoms with van der Waals surface area (Å²) >= 11 is 0. The second-order valence-corrected chi connectivity index (χ2v) is 12.4. The third-order valence-corrected chi connectivity index (χ3v) is 9.31. The average Bonchev–Trinajstić information content (AvgIpc) is 3.47. The number of hydrogen-bond donors (Lipinski definition) is 3. The highest BCUT2D eigenvalue weighted by molar-refractivity contribution is 7.73. The highest BCUT2D eigenvalue weighted by Gasteiger charge is 2.49. The number of hydrogen-bond acceptors (Lipinski definition) is 9. The van der Waals surface area contributed by atoms with Gasteiger partial charge in [-0.15, -0.1) is 0 Å². The summed E-state index contributed by atoms with van der Waals surface area (Å²) in [6.45, 7) is 4.12. The Morgan fingerprint density at radius 3 is 2.59 bits per heavy atom. The molecule has 2 N–H and O–H groups in total. The van der Waals surface area contributed by atoms with Crippen molar-refractivity contribution in [3.8, 4) is 17.5 Å². The molecule has 2 aliphatic rings. The van der Waals surface area contributed by atoms with Crippen LogP contribution in [0.4, 0.5) is 11.6 Å². The summed E-state index contributed by atoms with van der Waals surface area (Å²) in [7, 11) is -2.63. The number of carbonyl (C=O) groups is 1. The zero-order valence-electron chi connectivity index (χ0n) is 22.8. The summed E-state index contributed by atoms with van der Waals surface area (Å²) in [5.41, 5.74) is 2.06. The van der Waals surface area contributed by atoms with Gasteiger partial charge >= 0.3 is 0 Å². The number of carbonyl (C=O) groups excluding carboxylic acids is 1. The van der Waals surface area contributed by atoms with Crippen molar-refractivity contribution in [2.75, 3.05) is 5.32 Å². The van der Waals surface area contributed by atoms with E-state index in [9.17, 15) is 13.2 Å². The van der Waals surface area contributed by atoms with Gasteiger partial charge in [-0.05, 0) is 58.4 Å². The van der Waals surface area contributed by atoms with Gasteiger partial charge in [-0.25, -0.2) is 23.4 Å². The maximum Gasteiger partial charge on any atom is 0.253 e. The molecule has 13 heteroatoms. The molecule has 1 amide bonds. The zero-order valence-corrected chi connectivity index (χ0v) is 23.7. The van der Waals surface area contributed by atoms with E-state index in [1.165, 1.54) is 4.68 Å². The van der Waals surface area contributed by atoms with E-state index in [2.05, 4.69) is 55.2 Å². The zero-order chi connectivity index (χ0) is 28.7. The van der Waals surface area contributed by atoms with Crippen molar-refractivity contribution in [1.29, 1.82) is 5.26 Å². The first-order valence-electron chi connectivity index (χ1n) is 13.8. The quantitative estimate of drug-likeness (QED) is 0.266. The fourth-order valence-corrected chi connectivity index (χ4v) is 6.18. The van der Waals surface area contributed by atoms with Crippen LogP contribution in [0.2, 0.25) is 0 Å². The predicted octanol–water partition coefficient (Wildman–Crippen LogP) is 3.88. The molecule has 4 aromatic rings. The van der Waals surface area contributed by atoms with Crippen molar-refractivity contribution in [1.82, 2.24) is 34.6 Å². The van der Waals surface area contributed by atoms with Gasteiger partial charge in [-0.3, -0.25) is 9.48 Å². The first-order valence-corrected chi connectivity index (χ1v) is 15.0. The van der Waals surface area contributed by atoms with Crippen LogP contribution >= 0.6 is 0 Å². The Labute approximate surface area is 238 Å². The van der Waals surface area contributed by atoms with E-state index in [0.717, 1.165) is 36.6 Å². The van der Waals surface area contributed by atoms with Gasteiger partial charge in [-0.2, -0.15) is 10.4 Å². The lowest BCUT2D eigenvalue weighted by molar-refractivity contribution is 0.0926. The van der Waals surface area contributed by atoms with Gasteiger partial charge in [0.25, 0.3) is 5.91 Å². The molecule has 4 aromatic heterocycles. The molecule has 212 valence electrons. The van der Waals surface area contributed by atoms with Crippen molar-refractivity contribution in [2.45, 2.75) is 69.3 Å². The number of pyridine rings is 1. The van der Waals surface area contributed by atoms with Crippen LogP contribution in [0.3, 0.4) is 0 Å². The van der Waals surface area contributed by atoms with Crippen LogP contribution in [0.25, 0.3) is 22.3 Å². The van der Waals surface area contributed by atoms with Crippen LogP contribution < -0.4 is 10.6 Å².